The summed E-state index contributed by atoms with van der Waals surface area (Å²) in [6, 6.07) is 3.86. The molecular formula is C6H7BrOS. The van der Waals surface area contributed by atoms with Crippen LogP contribution in [0.1, 0.15) is 11.0 Å². The Morgan fingerprint density at radius 1 is 1.78 bits per heavy atom. The maximum atomic E-state index is 9.18. The molecule has 1 nitrogen and oxygen atoms in total. The summed E-state index contributed by atoms with van der Waals surface area (Å²) in [5.41, 5.74) is 0. The van der Waals surface area contributed by atoms with Crippen LogP contribution in [0.3, 0.4) is 0 Å². The van der Waals surface area contributed by atoms with Crippen molar-refractivity contribution in [3.05, 3.63) is 22.4 Å². The highest BCUT2D eigenvalue weighted by Gasteiger charge is 2.03. The van der Waals surface area contributed by atoms with Gasteiger partial charge < -0.3 is 5.11 Å². The fraction of sp³-hybridized carbons (Fsp3) is 0.333. The normalized spacial score (nSPS) is 13.6. The second-order valence-electron chi connectivity index (χ2n) is 1.69. The molecule has 0 aliphatic heterocycles. The molecule has 1 aromatic heterocycles. The summed E-state index contributed by atoms with van der Waals surface area (Å²) in [6.45, 7) is 0. The second-order valence-corrected chi connectivity index (χ2v) is 3.31. The predicted octanol–water partition coefficient (Wildman–Crippen LogP) is 2.18. The Morgan fingerprint density at radius 3 is 3.00 bits per heavy atom. The Kier molecular flexibility index (Phi) is 2.69. The van der Waals surface area contributed by atoms with Gasteiger partial charge >= 0.3 is 0 Å². The Balaban J connectivity index is 2.65. The predicted molar refractivity (Wildman–Crippen MR) is 43.1 cm³/mol. The first-order valence-corrected chi connectivity index (χ1v) is 4.62. The van der Waals surface area contributed by atoms with Crippen LogP contribution in [-0.2, 0) is 0 Å². The average Bonchev–Trinajstić information content (AvgIpc) is 2.37. The van der Waals surface area contributed by atoms with Gasteiger partial charge in [-0.15, -0.1) is 11.3 Å². The van der Waals surface area contributed by atoms with Crippen LogP contribution in [0, 0.1) is 0 Å². The fourth-order valence-electron chi connectivity index (χ4n) is 0.557. The molecule has 1 rings (SSSR count). The summed E-state index contributed by atoms with van der Waals surface area (Å²) in [4.78, 5) is 1.02. The smallest absolute Gasteiger partial charge is 0.0978 e. The summed E-state index contributed by atoms with van der Waals surface area (Å²) < 4.78 is 0. The lowest BCUT2D eigenvalue weighted by molar-refractivity contribution is 0.209. The van der Waals surface area contributed by atoms with E-state index in [1.165, 1.54) is 0 Å². The topological polar surface area (TPSA) is 20.2 Å². The summed E-state index contributed by atoms with van der Waals surface area (Å²) in [5, 5.41) is 11.8. The van der Waals surface area contributed by atoms with E-state index in [2.05, 4.69) is 15.9 Å². The minimum absolute atomic E-state index is 0.329. The number of hydrogen-bond donors (Lipinski definition) is 1. The van der Waals surface area contributed by atoms with Gasteiger partial charge in [0.1, 0.15) is 0 Å². The Bertz CT molecular complexity index is 162. The molecule has 0 radical (unpaired) electrons. The first kappa shape index (κ1) is 7.25. The van der Waals surface area contributed by atoms with E-state index < -0.39 is 0 Å². The number of halogens is 1. The van der Waals surface area contributed by atoms with E-state index >= 15 is 0 Å². The van der Waals surface area contributed by atoms with Crippen LogP contribution in [0.15, 0.2) is 17.5 Å². The van der Waals surface area contributed by atoms with Crippen molar-refractivity contribution >= 4 is 27.3 Å². The highest BCUT2D eigenvalue weighted by Crippen LogP contribution is 2.19. The van der Waals surface area contributed by atoms with E-state index in [0.29, 0.717) is 5.33 Å². The summed E-state index contributed by atoms with van der Waals surface area (Å²) in [6.07, 6.45) is -0.329. The van der Waals surface area contributed by atoms with Crippen LogP contribution < -0.4 is 0 Å². The Hall–Kier alpha value is 0.140. The third kappa shape index (κ3) is 1.78. The van der Waals surface area contributed by atoms with Gasteiger partial charge in [-0.3, -0.25) is 0 Å². The van der Waals surface area contributed by atoms with Gasteiger partial charge in [0.05, 0.1) is 6.10 Å². The molecule has 0 aliphatic carbocycles. The number of alkyl halides is 1. The molecule has 0 unspecified atom stereocenters. The molecule has 0 fully saturated rings. The monoisotopic (exact) mass is 206 g/mol. The number of hydrogen-bond acceptors (Lipinski definition) is 2. The van der Waals surface area contributed by atoms with Crippen LogP contribution >= 0.6 is 27.3 Å². The van der Waals surface area contributed by atoms with Crippen molar-refractivity contribution in [2.24, 2.45) is 0 Å². The van der Waals surface area contributed by atoms with E-state index in [9.17, 15) is 5.11 Å². The maximum absolute atomic E-state index is 9.18. The van der Waals surface area contributed by atoms with Crippen LogP contribution in [0.5, 0.6) is 0 Å². The van der Waals surface area contributed by atoms with Crippen LogP contribution in [0.2, 0.25) is 0 Å². The summed E-state index contributed by atoms with van der Waals surface area (Å²) >= 11 is 4.77. The van der Waals surface area contributed by atoms with Gasteiger partial charge in [-0.1, -0.05) is 22.0 Å². The van der Waals surface area contributed by atoms with Crippen molar-refractivity contribution in [3.8, 4) is 0 Å². The van der Waals surface area contributed by atoms with Crippen LogP contribution in [-0.4, -0.2) is 10.4 Å². The molecule has 1 atom stereocenters. The molecular weight excluding hydrogens is 200 g/mol. The number of aliphatic hydroxyl groups is 1. The van der Waals surface area contributed by atoms with E-state index in [-0.39, 0.29) is 6.10 Å². The quantitative estimate of drug-likeness (QED) is 0.737. The first-order chi connectivity index (χ1) is 4.34. The molecule has 0 saturated heterocycles. The molecule has 0 amide bonds. The zero-order valence-corrected chi connectivity index (χ0v) is 7.15. The molecule has 0 spiro atoms. The third-order valence-corrected chi connectivity index (χ3v) is 2.60. The molecule has 0 aromatic carbocycles. The molecule has 0 aliphatic rings. The lowest BCUT2D eigenvalue weighted by Gasteiger charge is -2.00. The molecule has 0 bridgehead atoms. The van der Waals surface area contributed by atoms with Gasteiger partial charge in [0.25, 0.3) is 0 Å². The van der Waals surface area contributed by atoms with E-state index in [0.717, 1.165) is 4.88 Å². The van der Waals surface area contributed by atoms with Crippen molar-refractivity contribution in [2.45, 2.75) is 6.10 Å². The lowest BCUT2D eigenvalue weighted by Crippen LogP contribution is -1.93. The fourth-order valence-corrected chi connectivity index (χ4v) is 1.83. The lowest BCUT2D eigenvalue weighted by atomic mass is 10.3. The molecule has 9 heavy (non-hydrogen) atoms. The highest BCUT2D eigenvalue weighted by molar-refractivity contribution is 9.09. The maximum Gasteiger partial charge on any atom is 0.0978 e. The minimum atomic E-state index is -0.329. The zero-order valence-electron chi connectivity index (χ0n) is 4.75. The minimum Gasteiger partial charge on any atom is -0.387 e. The van der Waals surface area contributed by atoms with Gasteiger partial charge in [-0.25, -0.2) is 0 Å². The first-order valence-electron chi connectivity index (χ1n) is 2.62. The van der Waals surface area contributed by atoms with Crippen molar-refractivity contribution in [1.82, 2.24) is 0 Å². The highest BCUT2D eigenvalue weighted by atomic mass is 79.9. The van der Waals surface area contributed by atoms with Gasteiger partial charge in [0, 0.05) is 10.2 Å². The molecule has 1 heterocycles. The molecule has 3 heteroatoms. The molecule has 1 N–H and O–H groups in total. The van der Waals surface area contributed by atoms with Crippen molar-refractivity contribution in [2.75, 3.05) is 5.33 Å². The van der Waals surface area contributed by atoms with Crippen LogP contribution in [0.25, 0.3) is 0 Å². The summed E-state index contributed by atoms with van der Waals surface area (Å²) in [5.74, 6) is 0. The average molecular weight is 207 g/mol. The number of rotatable bonds is 2. The third-order valence-electron chi connectivity index (χ3n) is 1.02. The number of aliphatic hydroxyl groups excluding tert-OH is 1. The Morgan fingerprint density at radius 2 is 2.56 bits per heavy atom. The Labute approximate surface area is 66.5 Å². The number of thiophene rings is 1. The second kappa shape index (κ2) is 3.34. The zero-order chi connectivity index (χ0) is 6.69. The van der Waals surface area contributed by atoms with Crippen molar-refractivity contribution in [3.63, 3.8) is 0 Å². The molecule has 50 valence electrons. The van der Waals surface area contributed by atoms with Gasteiger partial charge in [0.2, 0.25) is 0 Å². The summed E-state index contributed by atoms with van der Waals surface area (Å²) in [7, 11) is 0. The van der Waals surface area contributed by atoms with E-state index in [4.69, 9.17) is 0 Å². The van der Waals surface area contributed by atoms with Gasteiger partial charge in [-0.2, -0.15) is 0 Å². The SMILES string of the molecule is O[C@@H](CBr)c1cccs1. The van der Waals surface area contributed by atoms with Crippen molar-refractivity contribution in [1.29, 1.82) is 0 Å². The molecule has 0 saturated carbocycles. The van der Waals surface area contributed by atoms with E-state index in [1.54, 1.807) is 11.3 Å². The van der Waals surface area contributed by atoms with Gasteiger partial charge in [0.15, 0.2) is 0 Å². The van der Waals surface area contributed by atoms with E-state index in [1.807, 2.05) is 17.5 Å². The molecule has 1 aromatic rings. The van der Waals surface area contributed by atoms with Crippen molar-refractivity contribution < 1.29 is 5.11 Å². The largest absolute Gasteiger partial charge is 0.387 e. The van der Waals surface area contributed by atoms with Crippen LogP contribution in [0.4, 0.5) is 0 Å². The van der Waals surface area contributed by atoms with Gasteiger partial charge in [-0.05, 0) is 11.4 Å². The standard InChI is InChI=1S/C6H7BrOS/c7-4-5(8)6-2-1-3-9-6/h1-3,5,8H,4H2/t5-/m0/s1.